The number of sulfone groups is 1. The number of hydrogen-bond donors (Lipinski definition) is 1. The van der Waals surface area contributed by atoms with Crippen molar-refractivity contribution in [2.75, 3.05) is 6.26 Å². The molecule has 2 atom stereocenters. The molecule has 0 amide bonds. The van der Waals surface area contributed by atoms with Crippen molar-refractivity contribution in [1.82, 2.24) is 4.98 Å². The Kier molecular flexibility index (Phi) is 3.41. The third-order valence-corrected chi connectivity index (χ3v) is 5.04. The van der Waals surface area contributed by atoms with E-state index in [9.17, 15) is 26.7 Å². The van der Waals surface area contributed by atoms with Crippen molar-refractivity contribution in [3.05, 3.63) is 17.3 Å². The molecule has 1 aromatic heterocycles. The molecule has 22 heavy (non-hydrogen) atoms. The number of fused-ring (bicyclic) bond motifs is 1. The minimum absolute atomic E-state index is 0.0777. The number of aliphatic hydroxyl groups excluding tert-OH is 1. The van der Waals surface area contributed by atoms with Gasteiger partial charge in [-0.3, -0.25) is 0 Å². The first kappa shape index (κ1) is 15.5. The Morgan fingerprint density at radius 3 is 2.59 bits per heavy atom. The summed E-state index contributed by atoms with van der Waals surface area (Å²) in [4.78, 5) is 3.57. The van der Waals surface area contributed by atoms with Gasteiger partial charge >= 0.3 is 0 Å². The second-order valence-corrected chi connectivity index (χ2v) is 7.75. The fourth-order valence-electron chi connectivity index (χ4n) is 2.78. The van der Waals surface area contributed by atoms with E-state index < -0.39 is 47.0 Å². The fourth-order valence-corrected chi connectivity index (χ4v) is 3.67. The number of ether oxygens (including phenoxy) is 1. The first-order valence-electron chi connectivity index (χ1n) is 6.67. The van der Waals surface area contributed by atoms with Gasteiger partial charge in [0, 0.05) is 42.8 Å². The Morgan fingerprint density at radius 2 is 2.05 bits per heavy atom. The van der Waals surface area contributed by atoms with Gasteiger partial charge in [0.2, 0.25) is 5.88 Å². The number of aromatic nitrogens is 1. The van der Waals surface area contributed by atoms with Crippen molar-refractivity contribution in [3.8, 4) is 5.88 Å². The zero-order valence-electron chi connectivity index (χ0n) is 11.6. The SMILES string of the molecule is CS(=O)(=O)c1cnc(OC2CC(F)(F)C2)c2c1[C@H](O)[C@H](F)C2. The van der Waals surface area contributed by atoms with Crippen LogP contribution in [0.25, 0.3) is 0 Å². The van der Waals surface area contributed by atoms with E-state index in [1.54, 1.807) is 0 Å². The van der Waals surface area contributed by atoms with Crippen LogP contribution in [0.3, 0.4) is 0 Å². The molecule has 5 nitrogen and oxygen atoms in total. The van der Waals surface area contributed by atoms with Crippen molar-refractivity contribution < 1.29 is 31.4 Å². The van der Waals surface area contributed by atoms with E-state index in [4.69, 9.17) is 4.74 Å². The van der Waals surface area contributed by atoms with Crippen molar-refractivity contribution in [3.63, 3.8) is 0 Å². The molecule has 1 fully saturated rings. The van der Waals surface area contributed by atoms with Gasteiger partial charge in [-0.2, -0.15) is 0 Å². The molecular weight excluding hydrogens is 323 g/mol. The highest BCUT2D eigenvalue weighted by Crippen LogP contribution is 2.44. The van der Waals surface area contributed by atoms with E-state index >= 15 is 0 Å². The smallest absolute Gasteiger partial charge is 0.255 e. The topological polar surface area (TPSA) is 76.5 Å². The van der Waals surface area contributed by atoms with Crippen molar-refractivity contribution in [1.29, 1.82) is 0 Å². The molecule has 3 rings (SSSR count). The summed E-state index contributed by atoms with van der Waals surface area (Å²) in [5.74, 6) is -2.86. The Labute approximate surface area is 125 Å². The molecule has 0 radical (unpaired) electrons. The Bertz CT molecular complexity index is 714. The number of pyridine rings is 1. The molecule has 0 aromatic carbocycles. The summed E-state index contributed by atoms with van der Waals surface area (Å²) >= 11 is 0. The lowest BCUT2D eigenvalue weighted by Crippen LogP contribution is -2.43. The number of halogens is 3. The molecular formula is C13H14F3NO4S. The van der Waals surface area contributed by atoms with Gasteiger partial charge in [-0.25, -0.2) is 26.6 Å². The number of aliphatic hydroxyl groups is 1. The summed E-state index contributed by atoms with van der Waals surface area (Å²) in [6.45, 7) is 0. The summed E-state index contributed by atoms with van der Waals surface area (Å²) < 4.78 is 68.2. The van der Waals surface area contributed by atoms with Gasteiger partial charge in [-0.05, 0) is 0 Å². The van der Waals surface area contributed by atoms with Gasteiger partial charge in [-0.15, -0.1) is 0 Å². The molecule has 0 spiro atoms. The van der Waals surface area contributed by atoms with Crippen LogP contribution in [0, 0.1) is 0 Å². The Hall–Kier alpha value is -1.35. The highest BCUT2D eigenvalue weighted by molar-refractivity contribution is 7.90. The van der Waals surface area contributed by atoms with Crippen molar-refractivity contribution in [2.45, 2.75) is 48.5 Å². The fraction of sp³-hybridized carbons (Fsp3) is 0.615. The average molecular weight is 337 g/mol. The van der Waals surface area contributed by atoms with E-state index in [0.29, 0.717) is 0 Å². The summed E-state index contributed by atoms with van der Waals surface area (Å²) in [5, 5.41) is 9.86. The first-order valence-corrected chi connectivity index (χ1v) is 8.56. The molecule has 0 unspecified atom stereocenters. The monoisotopic (exact) mass is 337 g/mol. The van der Waals surface area contributed by atoms with Crippen LogP contribution < -0.4 is 4.74 Å². The molecule has 0 saturated heterocycles. The van der Waals surface area contributed by atoms with Crippen LogP contribution in [0.15, 0.2) is 11.1 Å². The normalized spacial score (nSPS) is 27.3. The van der Waals surface area contributed by atoms with Crippen molar-refractivity contribution in [2.24, 2.45) is 0 Å². The van der Waals surface area contributed by atoms with Gasteiger partial charge in [0.1, 0.15) is 18.4 Å². The maximum atomic E-state index is 13.8. The number of hydrogen-bond acceptors (Lipinski definition) is 5. The highest BCUT2D eigenvalue weighted by atomic mass is 32.2. The quantitative estimate of drug-likeness (QED) is 0.906. The minimum Gasteiger partial charge on any atom is -0.474 e. The van der Waals surface area contributed by atoms with E-state index in [1.165, 1.54) is 0 Å². The van der Waals surface area contributed by atoms with Gasteiger partial charge in [-0.1, -0.05) is 0 Å². The van der Waals surface area contributed by atoms with Gasteiger partial charge < -0.3 is 9.84 Å². The number of nitrogens with zero attached hydrogens (tertiary/aromatic N) is 1. The molecule has 1 saturated carbocycles. The Morgan fingerprint density at radius 1 is 1.41 bits per heavy atom. The summed E-state index contributed by atoms with van der Waals surface area (Å²) in [5.41, 5.74) is 0.0595. The third kappa shape index (κ3) is 2.56. The maximum Gasteiger partial charge on any atom is 0.255 e. The molecule has 122 valence electrons. The van der Waals surface area contributed by atoms with E-state index in [-0.39, 0.29) is 28.3 Å². The van der Waals surface area contributed by atoms with Crippen LogP contribution in [0.2, 0.25) is 0 Å². The predicted molar refractivity (Wildman–Crippen MR) is 69.5 cm³/mol. The Balaban J connectivity index is 1.98. The lowest BCUT2D eigenvalue weighted by Gasteiger charge is -2.34. The van der Waals surface area contributed by atoms with E-state index in [2.05, 4.69) is 4.98 Å². The zero-order chi connectivity index (χ0) is 16.3. The van der Waals surface area contributed by atoms with Crippen LogP contribution in [0.5, 0.6) is 5.88 Å². The highest BCUT2D eigenvalue weighted by Gasteiger charge is 2.48. The zero-order valence-corrected chi connectivity index (χ0v) is 12.4. The van der Waals surface area contributed by atoms with Crippen LogP contribution in [0.1, 0.15) is 30.1 Å². The standard InChI is InChI=1S/C13H14F3NO4S/c1-22(19,20)9-5-17-12(21-6-3-13(15,16)4-6)7-2-8(14)11(18)10(7)9/h5-6,8,11,18H,2-4H2,1H3/t8-,11-/m1/s1. The predicted octanol–water partition coefficient (Wildman–Crippen LogP) is 1.59. The molecule has 1 N–H and O–H groups in total. The summed E-state index contributed by atoms with van der Waals surface area (Å²) in [7, 11) is -3.70. The largest absolute Gasteiger partial charge is 0.474 e. The summed E-state index contributed by atoms with van der Waals surface area (Å²) in [6, 6.07) is 0. The van der Waals surface area contributed by atoms with Crippen molar-refractivity contribution >= 4 is 9.84 Å². The van der Waals surface area contributed by atoms with Gasteiger partial charge in [0.05, 0.1) is 4.90 Å². The summed E-state index contributed by atoms with van der Waals surface area (Å²) in [6.07, 6.45) is -3.29. The average Bonchev–Trinajstić information content (AvgIpc) is 2.63. The van der Waals surface area contributed by atoms with Crippen LogP contribution in [-0.2, 0) is 16.3 Å². The second-order valence-electron chi connectivity index (χ2n) is 5.76. The third-order valence-electron chi connectivity index (χ3n) is 3.92. The van der Waals surface area contributed by atoms with Gasteiger partial charge in [0.25, 0.3) is 5.92 Å². The van der Waals surface area contributed by atoms with Crippen LogP contribution >= 0.6 is 0 Å². The molecule has 2 aliphatic carbocycles. The van der Waals surface area contributed by atoms with Crippen LogP contribution in [-0.4, -0.2) is 43.0 Å². The lowest BCUT2D eigenvalue weighted by molar-refractivity contribution is -0.135. The minimum atomic E-state index is -3.70. The number of alkyl halides is 3. The molecule has 0 aliphatic heterocycles. The first-order chi connectivity index (χ1) is 10.1. The molecule has 2 aliphatic rings. The van der Waals surface area contributed by atoms with E-state index in [1.807, 2.05) is 0 Å². The molecule has 1 aromatic rings. The van der Waals surface area contributed by atoms with Gasteiger partial charge in [0.15, 0.2) is 9.84 Å². The molecule has 0 bridgehead atoms. The van der Waals surface area contributed by atoms with E-state index in [0.717, 1.165) is 12.5 Å². The lowest BCUT2D eigenvalue weighted by atomic mass is 9.91. The molecule has 9 heteroatoms. The maximum absolute atomic E-state index is 13.8. The second kappa shape index (κ2) is 4.82. The molecule has 1 heterocycles. The van der Waals surface area contributed by atoms with Crippen LogP contribution in [0.4, 0.5) is 13.2 Å². The number of rotatable bonds is 3.